The Labute approximate surface area is 120 Å². The van der Waals surface area contributed by atoms with Gasteiger partial charge in [0.05, 0.1) is 9.90 Å². The van der Waals surface area contributed by atoms with Crippen molar-refractivity contribution in [2.24, 2.45) is 0 Å². The molecule has 98 valence electrons. The summed E-state index contributed by atoms with van der Waals surface area (Å²) < 4.78 is 0. The van der Waals surface area contributed by atoms with E-state index in [-0.39, 0.29) is 5.54 Å². The lowest BCUT2D eigenvalue weighted by Gasteiger charge is -2.19. The molecule has 0 fully saturated rings. The van der Waals surface area contributed by atoms with Gasteiger partial charge in [0, 0.05) is 18.5 Å². The molecule has 0 saturated carbocycles. The number of nitrogens with one attached hydrogen (secondary N) is 1. The molecule has 0 unspecified atom stereocenters. The Kier molecular flexibility index (Phi) is 4.37. The van der Waals surface area contributed by atoms with Crippen molar-refractivity contribution < 1.29 is 0 Å². The first-order chi connectivity index (χ1) is 8.46. The lowest BCUT2D eigenvalue weighted by molar-refractivity contribution is 0.429. The third-order valence-electron chi connectivity index (χ3n) is 2.27. The van der Waals surface area contributed by atoms with Crippen molar-refractivity contribution >= 4 is 34.3 Å². The maximum absolute atomic E-state index is 6.08. The zero-order valence-electron chi connectivity index (χ0n) is 10.7. The molecular formula is C12H16ClN3S2. The first-order valence-electron chi connectivity index (χ1n) is 5.76. The summed E-state index contributed by atoms with van der Waals surface area (Å²) in [5, 5.41) is 16.5. The fraction of sp³-hybridized carbons (Fsp3) is 0.500. The summed E-state index contributed by atoms with van der Waals surface area (Å²) in [4.78, 5) is 1.02. The van der Waals surface area contributed by atoms with Gasteiger partial charge in [-0.1, -0.05) is 22.9 Å². The van der Waals surface area contributed by atoms with Crippen molar-refractivity contribution in [2.45, 2.75) is 32.7 Å². The molecule has 0 aliphatic heterocycles. The van der Waals surface area contributed by atoms with Crippen LogP contribution in [0.1, 0.15) is 25.8 Å². The Morgan fingerprint density at radius 2 is 2.11 bits per heavy atom. The fourth-order valence-corrected chi connectivity index (χ4v) is 3.58. The van der Waals surface area contributed by atoms with Crippen molar-refractivity contribution in [1.29, 1.82) is 0 Å². The second kappa shape index (κ2) is 5.65. The number of halogens is 1. The van der Waals surface area contributed by atoms with E-state index in [1.165, 1.54) is 0 Å². The minimum absolute atomic E-state index is 0.143. The van der Waals surface area contributed by atoms with E-state index in [1.807, 2.05) is 11.4 Å². The molecule has 0 radical (unpaired) electrons. The van der Waals surface area contributed by atoms with E-state index in [4.69, 9.17) is 11.6 Å². The number of thiophene rings is 1. The molecule has 0 bridgehead atoms. The number of hydrogen-bond acceptors (Lipinski definition) is 5. The van der Waals surface area contributed by atoms with Crippen LogP contribution < -0.4 is 5.32 Å². The Bertz CT molecular complexity index is 513. The first kappa shape index (κ1) is 13.9. The molecule has 1 N–H and O–H groups in total. The van der Waals surface area contributed by atoms with E-state index in [9.17, 15) is 0 Å². The quantitative estimate of drug-likeness (QED) is 0.932. The molecule has 0 saturated heterocycles. The molecule has 2 aromatic heterocycles. The highest BCUT2D eigenvalue weighted by atomic mass is 35.5. The van der Waals surface area contributed by atoms with Crippen molar-refractivity contribution in [3.63, 3.8) is 0 Å². The Hall–Kier alpha value is -0.490. The van der Waals surface area contributed by atoms with Gasteiger partial charge in [0.1, 0.15) is 5.01 Å². The molecule has 0 aromatic carbocycles. The van der Waals surface area contributed by atoms with E-state index in [2.05, 4.69) is 36.3 Å². The van der Waals surface area contributed by atoms with Gasteiger partial charge in [-0.25, -0.2) is 0 Å². The summed E-state index contributed by atoms with van der Waals surface area (Å²) >= 11 is 9.31. The van der Waals surface area contributed by atoms with Gasteiger partial charge in [-0.2, -0.15) is 0 Å². The SMILES string of the molecule is CC(C)(C)NCCc1nnc(-c2sccc2Cl)s1. The van der Waals surface area contributed by atoms with Crippen LogP contribution in [0.25, 0.3) is 9.88 Å². The third-order valence-corrected chi connectivity index (χ3v) is 4.75. The molecule has 18 heavy (non-hydrogen) atoms. The first-order valence-corrected chi connectivity index (χ1v) is 7.84. The third kappa shape index (κ3) is 3.75. The second-order valence-corrected chi connectivity index (χ2v) is 7.41. The molecule has 6 heteroatoms. The number of aromatic nitrogens is 2. The molecule has 3 nitrogen and oxygen atoms in total. The van der Waals surface area contributed by atoms with Crippen LogP contribution in [0.4, 0.5) is 0 Å². The van der Waals surface area contributed by atoms with Crippen LogP contribution in [0, 0.1) is 0 Å². The van der Waals surface area contributed by atoms with Crippen molar-refractivity contribution in [3.05, 3.63) is 21.5 Å². The van der Waals surface area contributed by atoms with Crippen LogP contribution in [0.2, 0.25) is 5.02 Å². The van der Waals surface area contributed by atoms with Gasteiger partial charge in [-0.3, -0.25) is 0 Å². The van der Waals surface area contributed by atoms with Crippen molar-refractivity contribution in [3.8, 4) is 9.88 Å². The van der Waals surface area contributed by atoms with Crippen LogP contribution in [-0.2, 0) is 6.42 Å². The largest absolute Gasteiger partial charge is 0.312 e. The topological polar surface area (TPSA) is 37.8 Å². The highest BCUT2D eigenvalue weighted by molar-refractivity contribution is 7.21. The predicted molar refractivity (Wildman–Crippen MR) is 79.7 cm³/mol. The van der Waals surface area contributed by atoms with E-state index in [0.717, 1.165) is 32.9 Å². The van der Waals surface area contributed by atoms with Gasteiger partial charge in [0.25, 0.3) is 0 Å². The van der Waals surface area contributed by atoms with E-state index >= 15 is 0 Å². The summed E-state index contributed by atoms with van der Waals surface area (Å²) in [5.41, 5.74) is 0.143. The molecule has 0 spiro atoms. The molecule has 0 aliphatic rings. The Morgan fingerprint density at radius 3 is 2.72 bits per heavy atom. The highest BCUT2D eigenvalue weighted by Crippen LogP contribution is 2.34. The maximum atomic E-state index is 6.08. The van der Waals surface area contributed by atoms with Crippen molar-refractivity contribution in [1.82, 2.24) is 15.5 Å². The molecular weight excluding hydrogens is 286 g/mol. The van der Waals surface area contributed by atoms with E-state index in [0.29, 0.717) is 0 Å². The van der Waals surface area contributed by atoms with Gasteiger partial charge in [-0.05, 0) is 32.2 Å². The van der Waals surface area contributed by atoms with Gasteiger partial charge in [-0.15, -0.1) is 21.5 Å². The van der Waals surface area contributed by atoms with Crippen molar-refractivity contribution in [2.75, 3.05) is 6.54 Å². The summed E-state index contributed by atoms with van der Waals surface area (Å²) in [5.74, 6) is 0. The molecule has 2 rings (SSSR count). The number of rotatable bonds is 4. The molecule has 0 atom stereocenters. The predicted octanol–water partition coefficient (Wildman–Crippen LogP) is 3.85. The van der Waals surface area contributed by atoms with Crippen LogP contribution in [0.15, 0.2) is 11.4 Å². The van der Waals surface area contributed by atoms with Gasteiger partial charge >= 0.3 is 0 Å². The zero-order chi connectivity index (χ0) is 13.2. The summed E-state index contributed by atoms with van der Waals surface area (Å²) in [6, 6.07) is 1.89. The zero-order valence-corrected chi connectivity index (χ0v) is 13.0. The normalized spacial score (nSPS) is 12.0. The maximum Gasteiger partial charge on any atom is 0.159 e. The fourth-order valence-electron chi connectivity index (χ4n) is 1.44. The minimum atomic E-state index is 0.143. The summed E-state index contributed by atoms with van der Waals surface area (Å²) in [7, 11) is 0. The van der Waals surface area contributed by atoms with Crippen LogP contribution in [0.3, 0.4) is 0 Å². The second-order valence-electron chi connectivity index (χ2n) is 5.03. The monoisotopic (exact) mass is 301 g/mol. The molecule has 0 aliphatic carbocycles. The molecule has 2 heterocycles. The minimum Gasteiger partial charge on any atom is -0.312 e. The van der Waals surface area contributed by atoms with E-state index < -0.39 is 0 Å². The van der Waals surface area contributed by atoms with Gasteiger partial charge in [0.2, 0.25) is 0 Å². The number of hydrogen-bond donors (Lipinski definition) is 1. The standard InChI is InChI=1S/C12H16ClN3S2/c1-12(2,3)14-6-4-9-15-16-11(18-9)10-8(13)5-7-17-10/h5,7,14H,4,6H2,1-3H3. The summed E-state index contributed by atoms with van der Waals surface area (Å²) in [6.45, 7) is 7.38. The Balaban J connectivity index is 1.97. The van der Waals surface area contributed by atoms with Crippen LogP contribution >= 0.6 is 34.3 Å². The highest BCUT2D eigenvalue weighted by Gasteiger charge is 2.12. The van der Waals surface area contributed by atoms with Crippen LogP contribution in [-0.4, -0.2) is 22.3 Å². The van der Waals surface area contributed by atoms with Gasteiger partial charge in [0.15, 0.2) is 5.01 Å². The lowest BCUT2D eigenvalue weighted by Crippen LogP contribution is -2.37. The van der Waals surface area contributed by atoms with Crippen LogP contribution in [0.5, 0.6) is 0 Å². The van der Waals surface area contributed by atoms with E-state index in [1.54, 1.807) is 22.7 Å². The lowest BCUT2D eigenvalue weighted by atomic mass is 10.1. The average Bonchev–Trinajstić information content (AvgIpc) is 2.84. The molecule has 2 aromatic rings. The number of nitrogens with zero attached hydrogens (tertiary/aromatic N) is 2. The summed E-state index contributed by atoms with van der Waals surface area (Å²) in [6.07, 6.45) is 0.901. The molecule has 0 amide bonds. The smallest absolute Gasteiger partial charge is 0.159 e. The Morgan fingerprint density at radius 1 is 1.33 bits per heavy atom. The average molecular weight is 302 g/mol. The van der Waals surface area contributed by atoms with Gasteiger partial charge < -0.3 is 5.32 Å².